The van der Waals surface area contributed by atoms with Gasteiger partial charge >= 0.3 is 6.03 Å². The number of benzene rings is 2. The predicted molar refractivity (Wildman–Crippen MR) is 109 cm³/mol. The summed E-state index contributed by atoms with van der Waals surface area (Å²) in [7, 11) is 0. The topological polar surface area (TPSA) is 91.6 Å². The first-order valence-electron chi connectivity index (χ1n) is 8.97. The summed E-state index contributed by atoms with van der Waals surface area (Å²) in [6.45, 7) is 2.99. The van der Waals surface area contributed by atoms with E-state index in [4.69, 9.17) is 0 Å². The standard InChI is InChI=1S/C19H19N5O3S/c25-19(20-13-18-21-16-3-1-2-4-17(16)28-18)23-11-9-22(10-12-23)14-5-7-15(8-6-14)24(26)27/h1-8H,9-13H2,(H,20,25). The molecule has 1 saturated heterocycles. The molecule has 0 unspecified atom stereocenters. The van der Waals surface area contributed by atoms with Crippen molar-refractivity contribution in [3.8, 4) is 0 Å². The number of carbonyl (C=O) groups excluding carboxylic acids is 1. The Morgan fingerprint density at radius 3 is 2.50 bits per heavy atom. The molecule has 0 bridgehead atoms. The first kappa shape index (κ1) is 18.2. The summed E-state index contributed by atoms with van der Waals surface area (Å²) in [4.78, 5) is 31.2. The maximum absolute atomic E-state index is 12.4. The highest BCUT2D eigenvalue weighted by Crippen LogP contribution is 2.22. The van der Waals surface area contributed by atoms with Gasteiger partial charge in [0, 0.05) is 44.0 Å². The maximum atomic E-state index is 12.4. The Balaban J connectivity index is 1.29. The second-order valence-electron chi connectivity index (χ2n) is 6.48. The van der Waals surface area contributed by atoms with Crippen LogP contribution in [0.4, 0.5) is 16.2 Å². The van der Waals surface area contributed by atoms with Crippen molar-refractivity contribution in [3.05, 3.63) is 63.7 Å². The van der Waals surface area contributed by atoms with Gasteiger partial charge in [-0.3, -0.25) is 10.1 Å². The van der Waals surface area contributed by atoms with E-state index in [0.717, 1.165) is 20.9 Å². The smallest absolute Gasteiger partial charge is 0.317 e. The summed E-state index contributed by atoms with van der Waals surface area (Å²) in [6, 6.07) is 14.3. The van der Waals surface area contributed by atoms with Gasteiger partial charge in [0.2, 0.25) is 0 Å². The molecule has 1 aliphatic rings. The molecule has 9 heteroatoms. The van der Waals surface area contributed by atoms with E-state index in [1.165, 1.54) is 12.1 Å². The van der Waals surface area contributed by atoms with Crippen molar-refractivity contribution in [3.63, 3.8) is 0 Å². The summed E-state index contributed by atoms with van der Waals surface area (Å²) >= 11 is 1.59. The lowest BCUT2D eigenvalue weighted by Crippen LogP contribution is -2.51. The molecule has 4 rings (SSSR count). The van der Waals surface area contributed by atoms with E-state index in [1.54, 1.807) is 28.4 Å². The minimum absolute atomic E-state index is 0.0802. The van der Waals surface area contributed by atoms with Crippen LogP contribution in [0.5, 0.6) is 0 Å². The monoisotopic (exact) mass is 397 g/mol. The molecule has 0 spiro atoms. The van der Waals surface area contributed by atoms with Crippen LogP contribution in [0.3, 0.4) is 0 Å². The van der Waals surface area contributed by atoms with Crippen molar-refractivity contribution in [2.24, 2.45) is 0 Å². The third kappa shape index (κ3) is 3.89. The second-order valence-corrected chi connectivity index (χ2v) is 7.60. The number of thiazole rings is 1. The molecule has 0 radical (unpaired) electrons. The lowest BCUT2D eigenvalue weighted by atomic mass is 10.2. The first-order valence-corrected chi connectivity index (χ1v) is 9.78. The van der Waals surface area contributed by atoms with Crippen molar-refractivity contribution >= 4 is 39.0 Å². The number of amides is 2. The van der Waals surface area contributed by atoms with Crippen LogP contribution < -0.4 is 10.2 Å². The fraction of sp³-hybridized carbons (Fsp3) is 0.263. The Hall–Kier alpha value is -3.20. The molecule has 144 valence electrons. The van der Waals surface area contributed by atoms with Gasteiger partial charge in [0.05, 0.1) is 21.7 Å². The van der Waals surface area contributed by atoms with Crippen molar-refractivity contribution in [1.29, 1.82) is 0 Å². The molecule has 3 aromatic rings. The maximum Gasteiger partial charge on any atom is 0.317 e. The lowest BCUT2D eigenvalue weighted by molar-refractivity contribution is -0.384. The van der Waals surface area contributed by atoms with E-state index >= 15 is 0 Å². The number of nitro benzene ring substituents is 1. The number of carbonyl (C=O) groups is 1. The average molecular weight is 397 g/mol. The molecule has 0 saturated carbocycles. The molecule has 0 atom stereocenters. The van der Waals surface area contributed by atoms with Gasteiger partial charge in [-0.15, -0.1) is 11.3 Å². The van der Waals surface area contributed by atoms with Gasteiger partial charge < -0.3 is 15.1 Å². The van der Waals surface area contributed by atoms with Gasteiger partial charge in [0.15, 0.2) is 0 Å². The number of hydrogen-bond donors (Lipinski definition) is 1. The van der Waals surface area contributed by atoms with E-state index in [-0.39, 0.29) is 11.7 Å². The third-order valence-electron chi connectivity index (χ3n) is 4.72. The fourth-order valence-corrected chi connectivity index (χ4v) is 4.12. The number of non-ortho nitro benzene ring substituents is 1. The van der Waals surface area contributed by atoms with Crippen LogP contribution >= 0.6 is 11.3 Å². The average Bonchev–Trinajstić information content (AvgIpc) is 3.15. The van der Waals surface area contributed by atoms with Gasteiger partial charge in [-0.05, 0) is 24.3 Å². The number of piperazine rings is 1. The van der Waals surface area contributed by atoms with Crippen LogP contribution in [0.15, 0.2) is 48.5 Å². The molecule has 1 aromatic heterocycles. The molecule has 8 nitrogen and oxygen atoms in total. The Morgan fingerprint density at radius 1 is 1.11 bits per heavy atom. The predicted octanol–water partition coefficient (Wildman–Crippen LogP) is 3.24. The first-order chi connectivity index (χ1) is 13.6. The van der Waals surface area contributed by atoms with Crippen molar-refractivity contribution in [2.75, 3.05) is 31.1 Å². The SMILES string of the molecule is O=C(NCc1nc2ccccc2s1)N1CCN(c2ccc([N+](=O)[O-])cc2)CC1. The highest BCUT2D eigenvalue weighted by atomic mass is 32.1. The number of nitrogens with zero attached hydrogens (tertiary/aromatic N) is 4. The molecule has 1 N–H and O–H groups in total. The van der Waals surface area contributed by atoms with Crippen molar-refractivity contribution in [2.45, 2.75) is 6.54 Å². The van der Waals surface area contributed by atoms with Crippen LogP contribution in [0.1, 0.15) is 5.01 Å². The molecule has 2 heterocycles. The minimum Gasteiger partial charge on any atom is -0.368 e. The van der Waals surface area contributed by atoms with E-state index in [9.17, 15) is 14.9 Å². The quantitative estimate of drug-likeness (QED) is 0.539. The second kappa shape index (κ2) is 7.81. The number of fused-ring (bicyclic) bond motifs is 1. The molecule has 1 aliphatic heterocycles. The molecule has 2 amide bonds. The van der Waals surface area contributed by atoms with Gasteiger partial charge in [-0.25, -0.2) is 9.78 Å². The van der Waals surface area contributed by atoms with E-state index in [1.807, 2.05) is 24.3 Å². The Labute approximate surface area is 165 Å². The molecule has 2 aromatic carbocycles. The van der Waals surface area contributed by atoms with Crippen LogP contribution in [0.25, 0.3) is 10.2 Å². The number of para-hydroxylation sites is 1. The van der Waals surface area contributed by atoms with Crippen LogP contribution in [-0.4, -0.2) is 47.0 Å². The molecular formula is C19H19N5O3S. The van der Waals surface area contributed by atoms with Crippen LogP contribution in [0.2, 0.25) is 0 Å². The highest BCUT2D eigenvalue weighted by molar-refractivity contribution is 7.18. The van der Waals surface area contributed by atoms with E-state index in [2.05, 4.69) is 15.2 Å². The summed E-state index contributed by atoms with van der Waals surface area (Å²) in [5.41, 5.74) is 1.96. The lowest BCUT2D eigenvalue weighted by Gasteiger charge is -2.36. The van der Waals surface area contributed by atoms with Crippen LogP contribution in [-0.2, 0) is 6.54 Å². The van der Waals surface area contributed by atoms with E-state index < -0.39 is 4.92 Å². The summed E-state index contributed by atoms with van der Waals surface area (Å²) in [5.74, 6) is 0. The zero-order valence-corrected chi connectivity index (χ0v) is 15.9. The molecule has 1 fully saturated rings. The fourth-order valence-electron chi connectivity index (χ4n) is 3.21. The number of anilines is 1. The number of nitrogens with one attached hydrogen (secondary N) is 1. The molecule has 0 aliphatic carbocycles. The summed E-state index contributed by atoms with van der Waals surface area (Å²) in [6.07, 6.45) is 0. The summed E-state index contributed by atoms with van der Waals surface area (Å²) in [5, 5.41) is 14.6. The normalized spacial score (nSPS) is 14.3. The van der Waals surface area contributed by atoms with Gasteiger partial charge in [0.1, 0.15) is 5.01 Å². The van der Waals surface area contributed by atoms with Gasteiger partial charge in [-0.1, -0.05) is 12.1 Å². The number of rotatable bonds is 4. The zero-order chi connectivity index (χ0) is 19.5. The number of urea groups is 1. The van der Waals surface area contributed by atoms with Crippen LogP contribution in [0, 0.1) is 10.1 Å². The third-order valence-corrected chi connectivity index (χ3v) is 5.76. The zero-order valence-electron chi connectivity index (χ0n) is 15.1. The number of hydrogen-bond acceptors (Lipinski definition) is 6. The Morgan fingerprint density at radius 2 is 1.82 bits per heavy atom. The van der Waals surface area contributed by atoms with Gasteiger partial charge in [0.25, 0.3) is 5.69 Å². The summed E-state index contributed by atoms with van der Waals surface area (Å²) < 4.78 is 1.11. The van der Waals surface area contributed by atoms with Gasteiger partial charge in [-0.2, -0.15) is 0 Å². The Bertz CT molecular complexity index is 963. The Kier molecular flexibility index (Phi) is 5.07. The van der Waals surface area contributed by atoms with Crippen molar-refractivity contribution < 1.29 is 9.72 Å². The largest absolute Gasteiger partial charge is 0.368 e. The van der Waals surface area contributed by atoms with Crippen molar-refractivity contribution in [1.82, 2.24) is 15.2 Å². The highest BCUT2D eigenvalue weighted by Gasteiger charge is 2.21. The molecule has 28 heavy (non-hydrogen) atoms. The number of aromatic nitrogens is 1. The van der Waals surface area contributed by atoms with E-state index in [0.29, 0.717) is 32.7 Å². The number of nitro groups is 1. The minimum atomic E-state index is -0.405. The molecular weight excluding hydrogens is 378 g/mol.